The predicted molar refractivity (Wildman–Crippen MR) is 69.6 cm³/mol. The molecule has 2 saturated heterocycles. The van der Waals surface area contributed by atoms with Crippen LogP contribution in [0.2, 0.25) is 0 Å². The molecule has 2 aliphatic heterocycles. The molecule has 2 aliphatic rings. The van der Waals surface area contributed by atoms with Gasteiger partial charge in [-0.3, -0.25) is 4.79 Å². The van der Waals surface area contributed by atoms with Gasteiger partial charge in [0.2, 0.25) is 0 Å². The van der Waals surface area contributed by atoms with Crippen LogP contribution in [0.25, 0.3) is 0 Å². The zero-order valence-corrected chi connectivity index (χ0v) is 12.2. The molecule has 0 radical (unpaired) electrons. The summed E-state index contributed by atoms with van der Waals surface area (Å²) in [7, 11) is 0. The molecule has 0 aromatic rings. The maximum Gasteiger partial charge on any atom is 0.410 e. The maximum absolute atomic E-state index is 12.1. The summed E-state index contributed by atoms with van der Waals surface area (Å²) >= 11 is 0. The van der Waals surface area contributed by atoms with Crippen LogP contribution in [0.5, 0.6) is 0 Å². The van der Waals surface area contributed by atoms with Gasteiger partial charge < -0.3 is 14.4 Å². The van der Waals surface area contributed by atoms with Gasteiger partial charge >= 0.3 is 12.1 Å². The summed E-state index contributed by atoms with van der Waals surface area (Å²) in [6.07, 6.45) is 1.94. The van der Waals surface area contributed by atoms with Crippen molar-refractivity contribution in [2.24, 2.45) is 5.41 Å². The number of hydrogen-bond donors (Lipinski definition) is 0. The normalized spacial score (nSPS) is 31.5. The first-order valence-corrected chi connectivity index (χ1v) is 6.91. The van der Waals surface area contributed by atoms with Crippen molar-refractivity contribution < 1.29 is 19.1 Å². The van der Waals surface area contributed by atoms with E-state index in [1.165, 1.54) is 0 Å². The first kappa shape index (κ1) is 14.2. The van der Waals surface area contributed by atoms with Crippen LogP contribution < -0.4 is 0 Å². The van der Waals surface area contributed by atoms with E-state index in [4.69, 9.17) is 9.47 Å². The minimum atomic E-state index is -0.509. The third kappa shape index (κ3) is 3.01. The number of cyclic esters (lactones) is 1. The second-order valence-corrected chi connectivity index (χ2v) is 6.71. The minimum Gasteiger partial charge on any atom is -0.462 e. The van der Waals surface area contributed by atoms with Gasteiger partial charge in [-0.2, -0.15) is 0 Å². The number of likely N-dealkylation sites (tertiary alicyclic amines) is 1. The average molecular weight is 269 g/mol. The van der Waals surface area contributed by atoms with Crippen LogP contribution >= 0.6 is 0 Å². The minimum absolute atomic E-state index is 0.0499. The third-order valence-corrected chi connectivity index (χ3v) is 3.65. The van der Waals surface area contributed by atoms with Gasteiger partial charge in [0.15, 0.2) is 0 Å². The molecule has 2 unspecified atom stereocenters. The van der Waals surface area contributed by atoms with Crippen LogP contribution in [0.15, 0.2) is 0 Å². The third-order valence-electron chi connectivity index (χ3n) is 3.65. The molecule has 0 aromatic heterocycles. The first-order chi connectivity index (χ1) is 8.72. The van der Waals surface area contributed by atoms with Gasteiger partial charge in [0.05, 0.1) is 5.41 Å². The lowest BCUT2D eigenvalue weighted by molar-refractivity contribution is -0.150. The molecule has 0 aliphatic carbocycles. The van der Waals surface area contributed by atoms with E-state index in [1.54, 1.807) is 4.90 Å². The van der Waals surface area contributed by atoms with E-state index in [0.29, 0.717) is 19.5 Å². The summed E-state index contributed by atoms with van der Waals surface area (Å²) in [4.78, 5) is 25.8. The van der Waals surface area contributed by atoms with E-state index in [1.807, 2.05) is 27.7 Å². The lowest BCUT2D eigenvalue weighted by Gasteiger charge is -2.38. The Hall–Kier alpha value is -1.26. The quantitative estimate of drug-likeness (QED) is 0.633. The number of carbonyl (C=O) groups is 2. The van der Waals surface area contributed by atoms with Gasteiger partial charge in [0, 0.05) is 19.5 Å². The second kappa shape index (κ2) is 4.69. The molecule has 0 bridgehead atoms. The molecule has 0 N–H and O–H groups in total. The van der Waals surface area contributed by atoms with Gasteiger partial charge in [-0.15, -0.1) is 0 Å². The number of esters is 1. The molecule has 108 valence electrons. The Balaban J connectivity index is 2.05. The summed E-state index contributed by atoms with van der Waals surface area (Å²) in [6.45, 7) is 8.51. The number of rotatable bonds is 0. The van der Waals surface area contributed by atoms with Crippen LogP contribution in [-0.4, -0.2) is 41.8 Å². The standard InChI is InChI=1S/C14H23NO4/c1-10-8-14(11(16)18-10)6-5-7-15(9-14)12(17)19-13(2,3)4/h10H,5-9H2,1-4H3. The highest BCUT2D eigenvalue weighted by Gasteiger charge is 2.51. The Bertz CT molecular complexity index is 387. The highest BCUT2D eigenvalue weighted by molar-refractivity contribution is 5.80. The monoisotopic (exact) mass is 269 g/mol. The number of ether oxygens (including phenoxy) is 2. The molecule has 2 heterocycles. The van der Waals surface area contributed by atoms with E-state index in [9.17, 15) is 9.59 Å². The summed E-state index contributed by atoms with van der Waals surface area (Å²) in [5, 5.41) is 0. The predicted octanol–water partition coefficient (Wildman–Crippen LogP) is 2.34. The Kier molecular flexibility index (Phi) is 3.49. The molecule has 0 aromatic carbocycles. The van der Waals surface area contributed by atoms with Gasteiger partial charge in [-0.05, 0) is 40.5 Å². The van der Waals surface area contributed by atoms with Crippen LogP contribution in [0.1, 0.15) is 47.0 Å². The number of piperidine rings is 1. The smallest absolute Gasteiger partial charge is 0.410 e. The van der Waals surface area contributed by atoms with E-state index < -0.39 is 11.0 Å². The molecule has 2 rings (SSSR count). The molecule has 5 heteroatoms. The van der Waals surface area contributed by atoms with Gasteiger partial charge in [-0.25, -0.2) is 4.79 Å². The van der Waals surface area contributed by atoms with Gasteiger partial charge in [-0.1, -0.05) is 0 Å². The molecule has 0 saturated carbocycles. The summed E-state index contributed by atoms with van der Waals surface area (Å²) in [5.41, 5.74) is -1.01. The highest BCUT2D eigenvalue weighted by Crippen LogP contribution is 2.41. The van der Waals surface area contributed by atoms with E-state index in [-0.39, 0.29) is 18.2 Å². The fourth-order valence-corrected chi connectivity index (χ4v) is 2.93. The topological polar surface area (TPSA) is 55.8 Å². The Morgan fingerprint density at radius 1 is 1.47 bits per heavy atom. The number of carbonyl (C=O) groups excluding carboxylic acids is 2. The Morgan fingerprint density at radius 3 is 2.68 bits per heavy atom. The Labute approximate surface area is 114 Å². The van der Waals surface area contributed by atoms with E-state index >= 15 is 0 Å². The lowest BCUT2D eigenvalue weighted by Crippen LogP contribution is -2.49. The molecule has 2 fully saturated rings. The zero-order valence-electron chi connectivity index (χ0n) is 12.2. The fourth-order valence-electron chi connectivity index (χ4n) is 2.93. The molecule has 5 nitrogen and oxygen atoms in total. The van der Waals surface area contributed by atoms with E-state index in [2.05, 4.69) is 0 Å². The van der Waals surface area contributed by atoms with Crippen molar-refractivity contribution in [3.05, 3.63) is 0 Å². The summed E-state index contributed by atoms with van der Waals surface area (Å²) < 4.78 is 10.6. The van der Waals surface area contributed by atoms with Crippen LogP contribution in [-0.2, 0) is 14.3 Å². The Morgan fingerprint density at radius 2 is 2.16 bits per heavy atom. The van der Waals surface area contributed by atoms with Gasteiger partial charge in [0.25, 0.3) is 0 Å². The van der Waals surface area contributed by atoms with Crippen LogP contribution in [0, 0.1) is 5.41 Å². The van der Waals surface area contributed by atoms with Crippen LogP contribution in [0.4, 0.5) is 4.79 Å². The summed E-state index contributed by atoms with van der Waals surface area (Å²) in [6, 6.07) is 0. The molecule has 19 heavy (non-hydrogen) atoms. The number of amides is 1. The molecule has 2 atom stereocenters. The first-order valence-electron chi connectivity index (χ1n) is 6.91. The molecule has 1 spiro atoms. The maximum atomic E-state index is 12.1. The summed E-state index contributed by atoms with van der Waals surface area (Å²) in [5.74, 6) is -0.159. The van der Waals surface area contributed by atoms with Crippen molar-refractivity contribution in [2.75, 3.05) is 13.1 Å². The van der Waals surface area contributed by atoms with Crippen molar-refractivity contribution in [2.45, 2.75) is 58.7 Å². The van der Waals surface area contributed by atoms with Crippen molar-refractivity contribution in [1.82, 2.24) is 4.90 Å². The SMILES string of the molecule is CC1CC2(CCCN(C(=O)OC(C)(C)C)C2)C(=O)O1. The average Bonchev–Trinajstić information content (AvgIpc) is 2.51. The molecular weight excluding hydrogens is 246 g/mol. The molecular formula is C14H23NO4. The molecule has 1 amide bonds. The van der Waals surface area contributed by atoms with Crippen molar-refractivity contribution >= 4 is 12.1 Å². The largest absolute Gasteiger partial charge is 0.462 e. The fraction of sp³-hybridized carbons (Fsp3) is 0.857. The van der Waals surface area contributed by atoms with Crippen molar-refractivity contribution in [1.29, 1.82) is 0 Å². The number of hydrogen-bond acceptors (Lipinski definition) is 4. The van der Waals surface area contributed by atoms with Gasteiger partial charge in [0.1, 0.15) is 11.7 Å². The zero-order chi connectivity index (χ0) is 14.3. The van der Waals surface area contributed by atoms with E-state index in [0.717, 1.165) is 12.8 Å². The second-order valence-electron chi connectivity index (χ2n) is 6.71. The van der Waals surface area contributed by atoms with Crippen molar-refractivity contribution in [3.8, 4) is 0 Å². The van der Waals surface area contributed by atoms with Crippen LogP contribution in [0.3, 0.4) is 0 Å². The number of nitrogens with zero attached hydrogens (tertiary/aromatic N) is 1. The highest BCUT2D eigenvalue weighted by atomic mass is 16.6. The van der Waals surface area contributed by atoms with Crippen molar-refractivity contribution in [3.63, 3.8) is 0 Å². The lowest BCUT2D eigenvalue weighted by atomic mass is 9.78.